The summed E-state index contributed by atoms with van der Waals surface area (Å²) >= 11 is 0. The van der Waals surface area contributed by atoms with Gasteiger partial charge >= 0.3 is 0 Å². The summed E-state index contributed by atoms with van der Waals surface area (Å²) < 4.78 is 1.37. The summed E-state index contributed by atoms with van der Waals surface area (Å²) in [5, 5.41) is 2.86. The first kappa shape index (κ1) is 22.0. The standard InChI is InChI=1S/C26H24N4O3/c1-18-10-6-7-13-21(18)27-24(32)17-30-23-15-9-8-14-22(23)28-25(26(30)33)29(19(2)31)16-20-11-4-3-5-12-20/h3-15H,16-17H2,1-2H3,(H,27,32). The Morgan fingerprint density at radius 1 is 0.939 bits per heavy atom. The minimum Gasteiger partial charge on any atom is -0.324 e. The van der Waals surface area contributed by atoms with Crippen LogP contribution in [0.2, 0.25) is 0 Å². The molecule has 0 radical (unpaired) electrons. The van der Waals surface area contributed by atoms with E-state index in [2.05, 4.69) is 10.3 Å². The van der Waals surface area contributed by atoms with Crippen LogP contribution in [0.4, 0.5) is 11.5 Å². The van der Waals surface area contributed by atoms with Crippen LogP contribution in [-0.4, -0.2) is 21.4 Å². The summed E-state index contributed by atoms with van der Waals surface area (Å²) in [6, 6.07) is 23.9. The molecule has 1 aromatic heterocycles. The molecule has 0 unspecified atom stereocenters. The fourth-order valence-electron chi connectivity index (χ4n) is 3.66. The van der Waals surface area contributed by atoms with Crippen LogP contribution in [0.1, 0.15) is 18.1 Å². The summed E-state index contributed by atoms with van der Waals surface area (Å²) in [5.41, 5.74) is 3.02. The lowest BCUT2D eigenvalue weighted by atomic mass is 10.2. The van der Waals surface area contributed by atoms with Gasteiger partial charge in [0.1, 0.15) is 6.54 Å². The molecule has 0 aliphatic carbocycles. The third-order valence-electron chi connectivity index (χ3n) is 5.38. The maximum atomic E-state index is 13.5. The second kappa shape index (κ2) is 9.48. The molecular formula is C26H24N4O3. The first-order valence-electron chi connectivity index (χ1n) is 10.6. The highest BCUT2D eigenvalue weighted by atomic mass is 16.2. The number of para-hydroxylation sites is 3. The number of carbonyl (C=O) groups is 2. The Balaban J connectivity index is 1.75. The van der Waals surface area contributed by atoms with Gasteiger partial charge in [-0.2, -0.15) is 0 Å². The van der Waals surface area contributed by atoms with Crippen LogP contribution in [0.25, 0.3) is 11.0 Å². The Kier molecular flexibility index (Phi) is 6.31. The van der Waals surface area contributed by atoms with Crippen molar-refractivity contribution in [3.63, 3.8) is 0 Å². The molecule has 33 heavy (non-hydrogen) atoms. The van der Waals surface area contributed by atoms with Gasteiger partial charge in [0.25, 0.3) is 5.56 Å². The molecule has 4 rings (SSSR count). The second-order valence-electron chi connectivity index (χ2n) is 7.77. The predicted molar refractivity (Wildman–Crippen MR) is 129 cm³/mol. The van der Waals surface area contributed by atoms with E-state index in [-0.39, 0.29) is 30.7 Å². The van der Waals surface area contributed by atoms with Crippen LogP contribution >= 0.6 is 0 Å². The largest absolute Gasteiger partial charge is 0.324 e. The Bertz CT molecular complexity index is 1380. The van der Waals surface area contributed by atoms with Gasteiger partial charge in [0.15, 0.2) is 0 Å². The van der Waals surface area contributed by atoms with E-state index in [0.29, 0.717) is 16.7 Å². The number of anilines is 2. The normalized spacial score (nSPS) is 10.7. The van der Waals surface area contributed by atoms with Gasteiger partial charge in [-0.05, 0) is 36.2 Å². The molecular weight excluding hydrogens is 416 g/mol. The van der Waals surface area contributed by atoms with Crippen molar-refractivity contribution < 1.29 is 9.59 Å². The molecule has 0 atom stereocenters. The maximum Gasteiger partial charge on any atom is 0.294 e. The smallest absolute Gasteiger partial charge is 0.294 e. The number of hydrogen-bond donors (Lipinski definition) is 1. The summed E-state index contributed by atoms with van der Waals surface area (Å²) in [6.45, 7) is 3.29. The molecule has 0 bridgehead atoms. The molecule has 7 heteroatoms. The first-order valence-corrected chi connectivity index (χ1v) is 10.6. The van der Waals surface area contributed by atoms with E-state index in [1.807, 2.05) is 61.5 Å². The number of aryl methyl sites for hydroxylation is 1. The molecule has 166 valence electrons. The second-order valence-corrected chi connectivity index (χ2v) is 7.77. The number of hydrogen-bond acceptors (Lipinski definition) is 4. The van der Waals surface area contributed by atoms with Crippen molar-refractivity contribution in [3.8, 4) is 0 Å². The maximum absolute atomic E-state index is 13.5. The minimum atomic E-state index is -0.500. The molecule has 0 aliphatic rings. The number of amides is 2. The number of fused-ring (bicyclic) bond motifs is 1. The van der Waals surface area contributed by atoms with E-state index < -0.39 is 5.56 Å². The zero-order valence-corrected chi connectivity index (χ0v) is 18.5. The average molecular weight is 441 g/mol. The topological polar surface area (TPSA) is 84.3 Å². The van der Waals surface area contributed by atoms with Gasteiger partial charge in [0.2, 0.25) is 17.6 Å². The third kappa shape index (κ3) is 4.82. The number of nitrogens with one attached hydrogen (secondary N) is 1. The van der Waals surface area contributed by atoms with Gasteiger partial charge in [-0.15, -0.1) is 0 Å². The lowest BCUT2D eigenvalue weighted by molar-refractivity contribution is -0.117. The minimum absolute atomic E-state index is 0.00579. The van der Waals surface area contributed by atoms with Crippen molar-refractivity contribution in [3.05, 3.63) is 100 Å². The molecule has 4 aromatic rings. The zero-order chi connectivity index (χ0) is 23.4. The number of carbonyl (C=O) groups excluding carboxylic acids is 2. The van der Waals surface area contributed by atoms with E-state index in [1.165, 1.54) is 16.4 Å². The molecule has 0 saturated heterocycles. The highest BCUT2D eigenvalue weighted by molar-refractivity contribution is 5.93. The van der Waals surface area contributed by atoms with Gasteiger partial charge in [0.05, 0.1) is 17.6 Å². The number of rotatable bonds is 6. The third-order valence-corrected chi connectivity index (χ3v) is 5.38. The van der Waals surface area contributed by atoms with Crippen LogP contribution in [-0.2, 0) is 22.7 Å². The molecule has 0 aliphatic heterocycles. The van der Waals surface area contributed by atoms with E-state index >= 15 is 0 Å². The highest BCUT2D eigenvalue weighted by Gasteiger charge is 2.21. The predicted octanol–water partition coefficient (Wildman–Crippen LogP) is 3.90. The van der Waals surface area contributed by atoms with E-state index in [4.69, 9.17) is 0 Å². The summed E-state index contributed by atoms with van der Waals surface area (Å²) in [7, 11) is 0. The lowest BCUT2D eigenvalue weighted by Gasteiger charge is -2.21. The monoisotopic (exact) mass is 440 g/mol. The Morgan fingerprint density at radius 2 is 1.61 bits per heavy atom. The fourth-order valence-corrected chi connectivity index (χ4v) is 3.66. The Morgan fingerprint density at radius 3 is 2.33 bits per heavy atom. The van der Waals surface area contributed by atoms with Crippen LogP contribution in [0, 0.1) is 6.92 Å². The number of aromatic nitrogens is 2. The molecule has 3 aromatic carbocycles. The molecule has 1 heterocycles. The van der Waals surface area contributed by atoms with Crippen LogP contribution in [0.5, 0.6) is 0 Å². The van der Waals surface area contributed by atoms with E-state index in [9.17, 15) is 14.4 Å². The molecule has 2 amide bonds. The molecule has 0 spiro atoms. The molecule has 1 N–H and O–H groups in total. The van der Waals surface area contributed by atoms with Crippen molar-refractivity contribution in [1.82, 2.24) is 9.55 Å². The fraction of sp³-hybridized carbons (Fsp3) is 0.154. The van der Waals surface area contributed by atoms with Gasteiger partial charge in [-0.25, -0.2) is 4.98 Å². The lowest BCUT2D eigenvalue weighted by Crippen LogP contribution is -2.38. The van der Waals surface area contributed by atoms with Crippen molar-refractivity contribution >= 4 is 34.4 Å². The summed E-state index contributed by atoms with van der Waals surface area (Å²) in [5.74, 6) is -0.658. The summed E-state index contributed by atoms with van der Waals surface area (Å²) in [4.78, 5) is 44.7. The van der Waals surface area contributed by atoms with E-state index in [0.717, 1.165) is 11.1 Å². The van der Waals surface area contributed by atoms with Crippen molar-refractivity contribution in [1.29, 1.82) is 0 Å². The van der Waals surface area contributed by atoms with Crippen molar-refractivity contribution in [2.75, 3.05) is 10.2 Å². The Labute approximate surface area is 191 Å². The van der Waals surface area contributed by atoms with E-state index in [1.54, 1.807) is 24.3 Å². The average Bonchev–Trinajstić information content (AvgIpc) is 2.81. The molecule has 0 saturated carbocycles. The molecule has 7 nitrogen and oxygen atoms in total. The molecule has 0 fully saturated rings. The zero-order valence-electron chi connectivity index (χ0n) is 18.5. The highest BCUT2D eigenvalue weighted by Crippen LogP contribution is 2.18. The summed E-state index contributed by atoms with van der Waals surface area (Å²) in [6.07, 6.45) is 0. The number of nitrogens with zero attached hydrogens (tertiary/aromatic N) is 3. The van der Waals surface area contributed by atoms with Crippen LogP contribution in [0.3, 0.4) is 0 Å². The SMILES string of the molecule is CC(=O)N(Cc1ccccc1)c1nc2ccccc2n(CC(=O)Nc2ccccc2C)c1=O. The van der Waals surface area contributed by atoms with Crippen molar-refractivity contribution in [2.45, 2.75) is 26.9 Å². The van der Waals surface area contributed by atoms with Crippen LogP contribution in [0.15, 0.2) is 83.7 Å². The van der Waals surface area contributed by atoms with Gasteiger partial charge in [-0.1, -0.05) is 60.7 Å². The first-order chi connectivity index (χ1) is 15.9. The van der Waals surface area contributed by atoms with Crippen LogP contribution < -0.4 is 15.8 Å². The quantitative estimate of drug-likeness (QED) is 0.493. The van der Waals surface area contributed by atoms with Gasteiger partial charge in [-0.3, -0.25) is 23.9 Å². The Hall–Kier alpha value is -4.26. The van der Waals surface area contributed by atoms with Gasteiger partial charge in [0, 0.05) is 12.6 Å². The van der Waals surface area contributed by atoms with Gasteiger partial charge < -0.3 is 5.32 Å². The number of benzene rings is 3. The van der Waals surface area contributed by atoms with Crippen molar-refractivity contribution in [2.24, 2.45) is 0 Å².